The van der Waals surface area contributed by atoms with Crippen LogP contribution < -0.4 is 16.0 Å². The maximum absolute atomic E-state index is 12.4. The minimum atomic E-state index is -0.736. The monoisotopic (exact) mass is 379 g/mol. The smallest absolute Gasteiger partial charge is 0.335 e. The highest BCUT2D eigenvalue weighted by molar-refractivity contribution is 6.00. The number of ether oxygens (including phenoxy) is 1. The molecule has 1 unspecified atom stereocenters. The Morgan fingerprint density at radius 2 is 1.75 bits per heavy atom. The fourth-order valence-corrected chi connectivity index (χ4v) is 2.98. The van der Waals surface area contributed by atoms with Crippen molar-refractivity contribution in [2.45, 2.75) is 19.9 Å². The maximum atomic E-state index is 12.4. The first kappa shape index (κ1) is 19.2. The number of aromatic nitrogens is 2. The first-order valence-electron chi connectivity index (χ1n) is 8.74. The molecule has 2 aromatic carbocycles. The Kier molecular flexibility index (Phi) is 5.44. The lowest BCUT2D eigenvalue weighted by atomic mass is 10.1. The van der Waals surface area contributed by atoms with Crippen molar-refractivity contribution in [1.82, 2.24) is 9.55 Å². The second-order valence-corrected chi connectivity index (χ2v) is 6.29. The first-order chi connectivity index (χ1) is 13.4. The Morgan fingerprint density at radius 3 is 2.36 bits per heavy atom. The Balaban J connectivity index is 2.10. The van der Waals surface area contributed by atoms with Crippen molar-refractivity contribution in [3.05, 3.63) is 86.6 Å². The van der Waals surface area contributed by atoms with Crippen LogP contribution in [0.1, 0.15) is 31.0 Å². The summed E-state index contributed by atoms with van der Waals surface area (Å²) >= 11 is 0. The number of aromatic hydroxyl groups is 1. The number of benzene rings is 2. The van der Waals surface area contributed by atoms with Crippen molar-refractivity contribution in [2.75, 3.05) is 7.11 Å². The first-order valence-corrected chi connectivity index (χ1v) is 8.74. The van der Waals surface area contributed by atoms with Gasteiger partial charge in [-0.15, -0.1) is 0 Å². The molecule has 7 heteroatoms. The lowest BCUT2D eigenvalue weighted by molar-refractivity contribution is 0.414. The molecule has 0 radical (unpaired) electrons. The number of hydrogen-bond acceptors (Lipinski definition) is 5. The summed E-state index contributed by atoms with van der Waals surface area (Å²) in [5.74, 6) is 0.149. The van der Waals surface area contributed by atoms with Crippen molar-refractivity contribution >= 4 is 5.71 Å². The van der Waals surface area contributed by atoms with E-state index in [2.05, 4.69) is 9.98 Å². The van der Waals surface area contributed by atoms with Gasteiger partial charge >= 0.3 is 5.69 Å². The molecule has 1 heterocycles. The molecule has 0 aliphatic carbocycles. The summed E-state index contributed by atoms with van der Waals surface area (Å²) in [7, 11) is 1.53. The molecule has 1 aromatic heterocycles. The van der Waals surface area contributed by atoms with E-state index in [-0.39, 0.29) is 11.6 Å². The fraction of sp³-hybridized carbons (Fsp3) is 0.190. The van der Waals surface area contributed by atoms with Crippen molar-refractivity contribution in [1.29, 1.82) is 0 Å². The van der Waals surface area contributed by atoms with Gasteiger partial charge in [-0.2, -0.15) is 0 Å². The van der Waals surface area contributed by atoms with Crippen LogP contribution in [0.15, 0.2) is 69.2 Å². The molecule has 0 spiro atoms. The van der Waals surface area contributed by atoms with Crippen molar-refractivity contribution in [2.24, 2.45) is 4.99 Å². The average Bonchev–Trinajstić information content (AvgIpc) is 2.68. The third kappa shape index (κ3) is 3.73. The van der Waals surface area contributed by atoms with Crippen LogP contribution in [0.2, 0.25) is 0 Å². The fourth-order valence-electron chi connectivity index (χ4n) is 2.98. The molecule has 0 saturated carbocycles. The lowest BCUT2D eigenvalue weighted by Gasteiger charge is -2.13. The van der Waals surface area contributed by atoms with E-state index in [0.29, 0.717) is 17.1 Å². The number of hydrogen-bond donors (Lipinski definition) is 2. The van der Waals surface area contributed by atoms with Gasteiger partial charge in [0.25, 0.3) is 5.56 Å². The SMILES string of the molecule is COc1ccc(-n2c(O)c(C(C)=NC(C)c3ccccc3)c(=O)[nH]c2=O)cc1. The quantitative estimate of drug-likeness (QED) is 0.666. The lowest BCUT2D eigenvalue weighted by Crippen LogP contribution is -2.32. The summed E-state index contributed by atoms with van der Waals surface area (Å²) in [6, 6.07) is 15.9. The van der Waals surface area contributed by atoms with Gasteiger partial charge in [-0.3, -0.25) is 14.8 Å². The Labute approximate surface area is 161 Å². The van der Waals surface area contributed by atoms with Gasteiger partial charge in [0.15, 0.2) is 0 Å². The van der Waals surface area contributed by atoms with Gasteiger partial charge in [0, 0.05) is 0 Å². The highest BCUT2D eigenvalue weighted by Crippen LogP contribution is 2.22. The maximum Gasteiger partial charge on any atom is 0.335 e. The molecule has 0 aliphatic rings. The van der Waals surface area contributed by atoms with E-state index in [1.165, 1.54) is 7.11 Å². The Morgan fingerprint density at radius 1 is 1.11 bits per heavy atom. The number of nitrogens with one attached hydrogen (secondary N) is 1. The summed E-state index contributed by atoms with van der Waals surface area (Å²) in [6.45, 7) is 3.52. The summed E-state index contributed by atoms with van der Waals surface area (Å²) in [5.41, 5.74) is 0.232. The molecule has 28 heavy (non-hydrogen) atoms. The molecular formula is C21H21N3O4. The molecule has 3 aromatic rings. The van der Waals surface area contributed by atoms with Gasteiger partial charge in [-0.1, -0.05) is 30.3 Å². The third-order valence-electron chi connectivity index (χ3n) is 4.45. The predicted molar refractivity (Wildman–Crippen MR) is 108 cm³/mol. The third-order valence-corrected chi connectivity index (χ3v) is 4.45. The molecule has 2 N–H and O–H groups in total. The molecule has 0 fully saturated rings. The van der Waals surface area contributed by atoms with E-state index in [4.69, 9.17) is 4.74 Å². The summed E-state index contributed by atoms with van der Waals surface area (Å²) in [5, 5.41) is 10.7. The molecule has 1 atom stereocenters. The van der Waals surface area contributed by atoms with Crippen molar-refractivity contribution in [3.63, 3.8) is 0 Å². The number of methoxy groups -OCH3 is 1. The van der Waals surface area contributed by atoms with Crippen molar-refractivity contribution in [3.8, 4) is 17.3 Å². The van der Waals surface area contributed by atoms with Crippen LogP contribution in [-0.4, -0.2) is 27.5 Å². The number of aliphatic imine (C=N–C) groups is 1. The Bertz CT molecular complexity index is 1110. The minimum absolute atomic E-state index is 0.0433. The van der Waals surface area contributed by atoms with Crippen LogP contribution in [-0.2, 0) is 0 Å². The van der Waals surface area contributed by atoms with E-state index in [1.54, 1.807) is 31.2 Å². The van der Waals surface area contributed by atoms with E-state index in [0.717, 1.165) is 10.1 Å². The second kappa shape index (κ2) is 7.96. The molecule has 0 bridgehead atoms. The molecule has 0 saturated heterocycles. The molecule has 0 aliphatic heterocycles. The van der Waals surface area contributed by atoms with Gasteiger partial charge in [0.2, 0.25) is 5.88 Å². The van der Waals surface area contributed by atoms with Gasteiger partial charge in [-0.25, -0.2) is 9.36 Å². The van der Waals surface area contributed by atoms with Crippen LogP contribution in [0.5, 0.6) is 11.6 Å². The second-order valence-electron chi connectivity index (χ2n) is 6.29. The number of nitrogens with zero attached hydrogens (tertiary/aromatic N) is 2. The highest BCUT2D eigenvalue weighted by atomic mass is 16.5. The standard InChI is InChI=1S/C21H21N3O4/c1-13(15-7-5-4-6-8-15)22-14(2)18-19(25)23-21(27)24(20(18)26)16-9-11-17(28-3)12-10-16/h4-13,26H,1-3H3,(H,23,25,27). The van der Waals surface area contributed by atoms with Gasteiger partial charge in [-0.05, 0) is 43.7 Å². The summed E-state index contributed by atoms with van der Waals surface area (Å²) in [4.78, 5) is 31.5. The van der Waals surface area contributed by atoms with Crippen molar-refractivity contribution < 1.29 is 9.84 Å². The molecule has 3 rings (SSSR count). The van der Waals surface area contributed by atoms with E-state index in [9.17, 15) is 14.7 Å². The average molecular weight is 379 g/mol. The van der Waals surface area contributed by atoms with Crippen LogP contribution in [0.25, 0.3) is 5.69 Å². The van der Waals surface area contributed by atoms with Crippen LogP contribution in [0.3, 0.4) is 0 Å². The van der Waals surface area contributed by atoms with Crippen LogP contribution in [0, 0.1) is 0 Å². The Hall–Kier alpha value is -3.61. The summed E-state index contributed by atoms with van der Waals surface area (Å²) < 4.78 is 6.14. The van der Waals surface area contributed by atoms with E-state index >= 15 is 0 Å². The van der Waals surface area contributed by atoms with E-state index in [1.807, 2.05) is 37.3 Å². The predicted octanol–water partition coefficient (Wildman–Crippen LogP) is 2.81. The van der Waals surface area contributed by atoms with Gasteiger partial charge < -0.3 is 9.84 Å². The number of H-pyrrole nitrogens is 1. The van der Waals surface area contributed by atoms with E-state index < -0.39 is 17.1 Å². The zero-order valence-electron chi connectivity index (χ0n) is 15.8. The summed E-state index contributed by atoms with van der Waals surface area (Å²) in [6.07, 6.45) is 0. The normalized spacial score (nSPS) is 12.6. The minimum Gasteiger partial charge on any atom is -0.497 e. The molecule has 0 amide bonds. The molecule has 144 valence electrons. The van der Waals surface area contributed by atoms with Crippen LogP contribution in [0.4, 0.5) is 0 Å². The van der Waals surface area contributed by atoms with Gasteiger partial charge in [0.1, 0.15) is 11.3 Å². The highest BCUT2D eigenvalue weighted by Gasteiger charge is 2.18. The molecule has 7 nitrogen and oxygen atoms in total. The number of rotatable bonds is 5. The largest absolute Gasteiger partial charge is 0.497 e. The zero-order valence-corrected chi connectivity index (χ0v) is 15.8. The number of aromatic amines is 1. The topological polar surface area (TPSA) is 96.7 Å². The van der Waals surface area contributed by atoms with Gasteiger partial charge in [0.05, 0.1) is 24.6 Å². The zero-order chi connectivity index (χ0) is 20.3. The van der Waals surface area contributed by atoms with Crippen LogP contribution >= 0.6 is 0 Å². The molecular weight excluding hydrogens is 358 g/mol.